The average molecular weight is 198 g/mol. The van der Waals surface area contributed by atoms with Crippen molar-refractivity contribution in [3.8, 4) is 0 Å². The van der Waals surface area contributed by atoms with Crippen LogP contribution in [0, 0.1) is 0 Å². The number of benzene rings is 1. The second-order valence-corrected chi connectivity index (χ2v) is 3.43. The van der Waals surface area contributed by atoms with Gasteiger partial charge in [-0.1, -0.05) is 0 Å². The molecule has 0 unspecified atom stereocenters. The van der Waals surface area contributed by atoms with Crippen LogP contribution in [-0.4, -0.2) is 23.1 Å². The number of anilines is 1. The van der Waals surface area contributed by atoms with Gasteiger partial charge in [-0.05, 0) is 24.3 Å². The first-order valence-corrected chi connectivity index (χ1v) is 4.80. The molecule has 0 atom stereocenters. The van der Waals surface area contributed by atoms with Crippen molar-refractivity contribution < 1.29 is 0 Å². The monoisotopic (exact) mass is 198 g/mol. The van der Waals surface area contributed by atoms with Crippen LogP contribution in [0.25, 0.3) is 10.9 Å². The highest BCUT2D eigenvalue weighted by molar-refractivity contribution is 5.83. The average Bonchev–Trinajstić information content (AvgIpc) is 2.77. The summed E-state index contributed by atoms with van der Waals surface area (Å²) in [5.74, 6) is 0. The highest BCUT2D eigenvalue weighted by Crippen LogP contribution is 2.21. The molecule has 1 aliphatic rings. The summed E-state index contributed by atoms with van der Waals surface area (Å²) in [5.41, 5.74) is 2.19. The molecule has 0 spiro atoms. The van der Waals surface area contributed by atoms with Crippen molar-refractivity contribution in [3.63, 3.8) is 0 Å². The van der Waals surface area contributed by atoms with Crippen LogP contribution >= 0.6 is 0 Å². The van der Waals surface area contributed by atoms with Gasteiger partial charge in [-0.3, -0.25) is 10.1 Å². The van der Waals surface area contributed by atoms with E-state index in [-0.39, 0.29) is 0 Å². The number of hydrogen-bond acceptors (Lipinski definition) is 3. The first kappa shape index (κ1) is 8.23. The van der Waals surface area contributed by atoms with E-state index in [0.717, 1.165) is 16.6 Å². The Labute approximate surface area is 86.9 Å². The summed E-state index contributed by atoms with van der Waals surface area (Å²) < 4.78 is 0. The van der Waals surface area contributed by atoms with Gasteiger partial charge in [0.1, 0.15) is 6.67 Å². The first-order chi connectivity index (χ1) is 7.43. The standard InChI is InChI=1S/C11H10N4/c1-4-12-8-15(5-1)10-2-3-11-9(6-10)7-13-14-11/h1-7H,8H2,(H,13,14). The van der Waals surface area contributed by atoms with Gasteiger partial charge in [0.25, 0.3) is 0 Å². The molecule has 0 fully saturated rings. The Morgan fingerprint density at radius 3 is 3.20 bits per heavy atom. The molecule has 1 aliphatic heterocycles. The predicted molar refractivity (Wildman–Crippen MR) is 61.1 cm³/mol. The number of rotatable bonds is 1. The quantitative estimate of drug-likeness (QED) is 0.760. The van der Waals surface area contributed by atoms with E-state index in [4.69, 9.17) is 0 Å². The zero-order valence-corrected chi connectivity index (χ0v) is 8.09. The second kappa shape index (κ2) is 3.24. The number of aromatic amines is 1. The molecule has 0 aliphatic carbocycles. The maximum Gasteiger partial charge on any atom is 0.114 e. The van der Waals surface area contributed by atoms with Gasteiger partial charge in [0.2, 0.25) is 0 Å². The van der Waals surface area contributed by atoms with Crippen molar-refractivity contribution in [1.82, 2.24) is 10.2 Å². The van der Waals surface area contributed by atoms with Gasteiger partial charge in [0.15, 0.2) is 0 Å². The van der Waals surface area contributed by atoms with Gasteiger partial charge in [-0.25, -0.2) is 0 Å². The molecule has 0 saturated heterocycles. The lowest BCUT2D eigenvalue weighted by Crippen LogP contribution is -2.17. The zero-order valence-electron chi connectivity index (χ0n) is 8.09. The molecule has 2 heterocycles. The molecular weight excluding hydrogens is 188 g/mol. The lowest BCUT2D eigenvalue weighted by Gasteiger charge is -2.19. The number of allylic oxidation sites excluding steroid dienone is 1. The second-order valence-electron chi connectivity index (χ2n) is 3.43. The summed E-state index contributed by atoms with van der Waals surface area (Å²) in [6.45, 7) is 0.680. The van der Waals surface area contributed by atoms with E-state index < -0.39 is 0 Å². The molecule has 1 N–H and O–H groups in total. The van der Waals surface area contributed by atoms with E-state index in [0.29, 0.717) is 6.67 Å². The molecule has 0 bridgehead atoms. The molecule has 2 aromatic rings. The van der Waals surface area contributed by atoms with Crippen molar-refractivity contribution in [2.45, 2.75) is 0 Å². The van der Waals surface area contributed by atoms with E-state index in [1.54, 1.807) is 0 Å². The number of aromatic nitrogens is 2. The molecule has 0 amide bonds. The maximum atomic E-state index is 4.19. The summed E-state index contributed by atoms with van der Waals surface area (Å²) in [4.78, 5) is 6.28. The molecule has 0 saturated carbocycles. The fraction of sp³-hybridized carbons (Fsp3) is 0.0909. The lowest BCUT2D eigenvalue weighted by atomic mass is 10.2. The van der Waals surface area contributed by atoms with Crippen LogP contribution in [0.5, 0.6) is 0 Å². The largest absolute Gasteiger partial charge is 0.328 e. The van der Waals surface area contributed by atoms with Crippen LogP contribution < -0.4 is 4.90 Å². The number of fused-ring (bicyclic) bond motifs is 1. The minimum atomic E-state index is 0.680. The fourth-order valence-corrected chi connectivity index (χ4v) is 1.66. The summed E-state index contributed by atoms with van der Waals surface area (Å²) in [5, 5.41) is 8.05. The molecule has 1 aromatic carbocycles. The van der Waals surface area contributed by atoms with Crippen LogP contribution in [0.4, 0.5) is 5.69 Å². The van der Waals surface area contributed by atoms with Crippen LogP contribution in [0.3, 0.4) is 0 Å². The smallest absolute Gasteiger partial charge is 0.114 e. The highest BCUT2D eigenvalue weighted by Gasteiger charge is 2.05. The Balaban J connectivity index is 2.03. The normalized spacial score (nSPS) is 15.1. The number of nitrogens with zero attached hydrogens (tertiary/aromatic N) is 3. The van der Waals surface area contributed by atoms with Crippen LogP contribution in [-0.2, 0) is 0 Å². The van der Waals surface area contributed by atoms with Crippen LogP contribution in [0.2, 0.25) is 0 Å². The molecule has 15 heavy (non-hydrogen) atoms. The Morgan fingerprint density at radius 1 is 1.33 bits per heavy atom. The lowest BCUT2D eigenvalue weighted by molar-refractivity contribution is 0.971. The fourth-order valence-electron chi connectivity index (χ4n) is 1.66. The third kappa shape index (κ3) is 1.40. The summed E-state index contributed by atoms with van der Waals surface area (Å²) in [6, 6.07) is 6.19. The third-order valence-corrected chi connectivity index (χ3v) is 2.45. The van der Waals surface area contributed by atoms with Crippen molar-refractivity contribution >= 4 is 22.8 Å². The van der Waals surface area contributed by atoms with Gasteiger partial charge in [0, 0.05) is 23.5 Å². The van der Waals surface area contributed by atoms with E-state index in [1.165, 1.54) is 0 Å². The third-order valence-electron chi connectivity index (χ3n) is 2.45. The topological polar surface area (TPSA) is 44.3 Å². The van der Waals surface area contributed by atoms with E-state index in [2.05, 4.69) is 32.2 Å². The van der Waals surface area contributed by atoms with Gasteiger partial charge in [-0.15, -0.1) is 0 Å². The highest BCUT2D eigenvalue weighted by atomic mass is 15.2. The number of nitrogens with one attached hydrogen (secondary N) is 1. The Hall–Kier alpha value is -2.10. The molecule has 4 heteroatoms. The first-order valence-electron chi connectivity index (χ1n) is 4.80. The minimum Gasteiger partial charge on any atom is -0.328 e. The van der Waals surface area contributed by atoms with Crippen LogP contribution in [0.1, 0.15) is 0 Å². The van der Waals surface area contributed by atoms with Crippen molar-refractivity contribution in [2.24, 2.45) is 4.99 Å². The molecule has 74 valence electrons. The Kier molecular flexibility index (Phi) is 1.78. The molecule has 4 nitrogen and oxygen atoms in total. The number of aliphatic imine (C=N–C) groups is 1. The summed E-state index contributed by atoms with van der Waals surface area (Å²) >= 11 is 0. The predicted octanol–water partition coefficient (Wildman–Crippen LogP) is 1.92. The van der Waals surface area contributed by atoms with Gasteiger partial charge in [0.05, 0.1) is 11.7 Å². The number of H-pyrrole nitrogens is 1. The minimum absolute atomic E-state index is 0.680. The van der Waals surface area contributed by atoms with Crippen molar-refractivity contribution in [2.75, 3.05) is 11.6 Å². The molecule has 1 aromatic heterocycles. The zero-order chi connectivity index (χ0) is 10.1. The Bertz CT molecular complexity index is 538. The van der Waals surface area contributed by atoms with E-state index in [1.807, 2.05) is 30.8 Å². The van der Waals surface area contributed by atoms with Gasteiger partial charge >= 0.3 is 0 Å². The SMILES string of the molecule is C1=CN(c2ccc3[nH]ncc3c2)CN=C1. The van der Waals surface area contributed by atoms with Gasteiger partial charge < -0.3 is 4.90 Å². The van der Waals surface area contributed by atoms with Gasteiger partial charge in [-0.2, -0.15) is 5.10 Å². The molecule has 3 rings (SSSR count). The Morgan fingerprint density at radius 2 is 2.33 bits per heavy atom. The number of hydrogen-bond donors (Lipinski definition) is 1. The molecule has 0 radical (unpaired) electrons. The summed E-state index contributed by atoms with van der Waals surface area (Å²) in [7, 11) is 0. The summed E-state index contributed by atoms with van der Waals surface area (Å²) in [6.07, 6.45) is 7.60. The van der Waals surface area contributed by atoms with Crippen molar-refractivity contribution in [3.05, 3.63) is 36.7 Å². The maximum absolute atomic E-state index is 4.19. The van der Waals surface area contributed by atoms with Crippen LogP contribution in [0.15, 0.2) is 41.7 Å². The van der Waals surface area contributed by atoms with Crippen molar-refractivity contribution in [1.29, 1.82) is 0 Å². The molecular formula is C11H10N4. The van der Waals surface area contributed by atoms with E-state index >= 15 is 0 Å². The van der Waals surface area contributed by atoms with E-state index in [9.17, 15) is 0 Å².